The third-order valence-electron chi connectivity index (χ3n) is 13.8. The molecular formula is C33H46N2O3. The van der Waals surface area contributed by atoms with E-state index in [2.05, 4.69) is 46.0 Å². The summed E-state index contributed by atoms with van der Waals surface area (Å²) in [7, 11) is 0. The molecule has 0 aromatic heterocycles. The predicted molar refractivity (Wildman–Crippen MR) is 145 cm³/mol. The number of hydrogen-bond acceptors (Lipinski definition) is 4. The highest BCUT2D eigenvalue weighted by Gasteiger charge is 2.78. The Hall–Kier alpha value is -1.96. The molecule has 5 heteroatoms. The molecule has 206 valence electrons. The average Bonchev–Trinajstić information content (AvgIpc) is 3.62. The van der Waals surface area contributed by atoms with Gasteiger partial charge in [-0.25, -0.2) is 0 Å². The van der Waals surface area contributed by atoms with E-state index in [1.165, 1.54) is 5.57 Å². The Labute approximate surface area is 228 Å². The minimum atomic E-state index is -0.863. The van der Waals surface area contributed by atoms with Crippen LogP contribution in [0.5, 0.6) is 0 Å². The fraction of sp³-hybridized carbons (Fsp3) is 0.818. The second-order valence-electron chi connectivity index (χ2n) is 15.6. The minimum Gasteiger partial charge on any atom is -0.356 e. The summed E-state index contributed by atoms with van der Waals surface area (Å²) in [5, 5.41) is 13.3. The van der Waals surface area contributed by atoms with Crippen molar-refractivity contribution in [3.63, 3.8) is 0 Å². The van der Waals surface area contributed by atoms with Crippen LogP contribution in [0.2, 0.25) is 0 Å². The van der Waals surface area contributed by atoms with Crippen LogP contribution >= 0.6 is 0 Å². The molecule has 0 heterocycles. The lowest BCUT2D eigenvalue weighted by Crippen LogP contribution is -2.66. The van der Waals surface area contributed by atoms with Crippen molar-refractivity contribution in [2.75, 3.05) is 6.54 Å². The Morgan fingerprint density at radius 2 is 1.71 bits per heavy atom. The zero-order valence-electron chi connectivity index (χ0n) is 24.5. The van der Waals surface area contributed by atoms with E-state index in [0.717, 1.165) is 44.9 Å². The average molecular weight is 519 g/mol. The second kappa shape index (κ2) is 7.61. The standard InChI is InChI=1S/C33H46N2O3/c1-8-35-27(38)32-13-11-28(3,4)16-21(32)25-22(36)15-23-29(5,30(25,6)12-14-32)10-9-20-19(2)26(37)33(18-34)17-24(33)31(20,23)7/h15,19-21,24-25H,8-14,16-17H2,1-7H3,(H,35,38)/t19-,20-,21?,24+,25?,29+,30+,31-,32-,33-/m0/s1. The maximum Gasteiger partial charge on any atom is 0.226 e. The van der Waals surface area contributed by atoms with Crippen molar-refractivity contribution in [3.8, 4) is 6.07 Å². The van der Waals surface area contributed by atoms with Gasteiger partial charge in [0.05, 0.1) is 11.5 Å². The predicted octanol–water partition coefficient (Wildman–Crippen LogP) is 6.03. The maximum atomic E-state index is 14.5. The first-order valence-corrected chi connectivity index (χ1v) is 15.2. The van der Waals surface area contributed by atoms with Crippen LogP contribution in [0.1, 0.15) is 99.8 Å². The number of allylic oxidation sites excluding steroid dienone is 2. The number of nitriles is 1. The van der Waals surface area contributed by atoms with Crippen LogP contribution in [0.15, 0.2) is 11.6 Å². The molecule has 1 N–H and O–H groups in total. The van der Waals surface area contributed by atoms with E-state index in [0.29, 0.717) is 13.0 Å². The van der Waals surface area contributed by atoms with Gasteiger partial charge in [-0.2, -0.15) is 5.26 Å². The molecule has 5 fully saturated rings. The summed E-state index contributed by atoms with van der Waals surface area (Å²) in [5.41, 5.74) is -0.731. The normalized spacial score (nSPS) is 52.2. The van der Waals surface area contributed by atoms with Crippen LogP contribution in [0, 0.1) is 73.4 Å². The number of rotatable bonds is 2. The summed E-state index contributed by atoms with van der Waals surface area (Å²) in [6, 6.07) is 2.45. The van der Waals surface area contributed by atoms with Gasteiger partial charge < -0.3 is 5.32 Å². The summed E-state index contributed by atoms with van der Waals surface area (Å²) >= 11 is 0. The third kappa shape index (κ3) is 2.81. The largest absolute Gasteiger partial charge is 0.356 e. The minimum absolute atomic E-state index is 0.0131. The summed E-state index contributed by atoms with van der Waals surface area (Å²) < 4.78 is 0. The fourth-order valence-electron chi connectivity index (χ4n) is 11.4. The first-order chi connectivity index (χ1) is 17.7. The van der Waals surface area contributed by atoms with E-state index in [1.54, 1.807) is 0 Å². The van der Waals surface area contributed by atoms with Gasteiger partial charge in [0, 0.05) is 18.4 Å². The van der Waals surface area contributed by atoms with Crippen LogP contribution in [-0.4, -0.2) is 24.0 Å². The molecule has 6 rings (SSSR count). The van der Waals surface area contributed by atoms with Crippen molar-refractivity contribution < 1.29 is 14.4 Å². The number of amides is 1. The number of ketones is 2. The maximum absolute atomic E-state index is 14.5. The first-order valence-electron chi connectivity index (χ1n) is 15.2. The van der Waals surface area contributed by atoms with Gasteiger partial charge >= 0.3 is 0 Å². The van der Waals surface area contributed by atoms with Gasteiger partial charge in [-0.3, -0.25) is 14.4 Å². The summed E-state index contributed by atoms with van der Waals surface area (Å²) in [4.78, 5) is 41.6. The topological polar surface area (TPSA) is 87.0 Å². The lowest BCUT2D eigenvalue weighted by atomic mass is 9.34. The van der Waals surface area contributed by atoms with E-state index in [9.17, 15) is 19.6 Å². The number of nitrogens with one attached hydrogen (secondary N) is 1. The van der Waals surface area contributed by atoms with Gasteiger partial charge in [-0.1, -0.05) is 47.1 Å². The smallest absolute Gasteiger partial charge is 0.226 e. The third-order valence-corrected chi connectivity index (χ3v) is 13.8. The number of carbonyl (C=O) groups is 3. The number of hydrogen-bond donors (Lipinski definition) is 1. The lowest BCUT2D eigenvalue weighted by molar-refractivity contribution is -0.180. The van der Waals surface area contributed by atoms with Gasteiger partial charge in [0.1, 0.15) is 5.41 Å². The molecule has 5 saturated carbocycles. The summed E-state index contributed by atoms with van der Waals surface area (Å²) in [5.74, 6) is 0.400. The van der Waals surface area contributed by atoms with Crippen molar-refractivity contribution in [1.29, 1.82) is 5.26 Å². The molecule has 1 amide bonds. The lowest BCUT2D eigenvalue weighted by Gasteiger charge is -2.69. The van der Waals surface area contributed by atoms with Crippen molar-refractivity contribution in [2.24, 2.45) is 62.1 Å². The van der Waals surface area contributed by atoms with E-state index >= 15 is 0 Å². The number of nitrogens with zero attached hydrogens (tertiary/aromatic N) is 1. The molecule has 0 aromatic carbocycles. The molecule has 0 bridgehead atoms. The van der Waals surface area contributed by atoms with Crippen LogP contribution in [-0.2, 0) is 14.4 Å². The molecule has 0 spiro atoms. The first kappa shape index (κ1) is 26.3. The van der Waals surface area contributed by atoms with Crippen molar-refractivity contribution in [2.45, 2.75) is 99.8 Å². The Balaban J connectivity index is 1.50. The SMILES string of the molecule is CCNC(=O)[C@]12CCC(C)(C)CC1C1C(=O)C=C3[C@@]4(C)[C@H]5C[C@@]5(C#N)C(=O)[C@@H](C)[C@@H]4CC[C@@]3(C)[C@]1(C)CC2. The monoisotopic (exact) mass is 518 g/mol. The second-order valence-corrected chi connectivity index (χ2v) is 15.6. The van der Waals surface area contributed by atoms with Crippen LogP contribution < -0.4 is 5.32 Å². The van der Waals surface area contributed by atoms with E-state index < -0.39 is 10.8 Å². The van der Waals surface area contributed by atoms with E-state index in [4.69, 9.17) is 0 Å². The quantitative estimate of drug-likeness (QED) is 0.483. The molecular weight excluding hydrogens is 472 g/mol. The molecule has 5 nitrogen and oxygen atoms in total. The molecule has 0 radical (unpaired) electrons. The number of carbonyl (C=O) groups excluding carboxylic acids is 3. The van der Waals surface area contributed by atoms with Gasteiger partial charge in [0.15, 0.2) is 11.6 Å². The van der Waals surface area contributed by atoms with Crippen molar-refractivity contribution >= 4 is 17.5 Å². The Kier molecular flexibility index (Phi) is 5.26. The van der Waals surface area contributed by atoms with Crippen molar-refractivity contribution in [3.05, 3.63) is 11.6 Å². The Morgan fingerprint density at radius 1 is 1.03 bits per heavy atom. The highest BCUT2D eigenvalue weighted by molar-refractivity contribution is 5.98. The molecule has 2 unspecified atom stereocenters. The van der Waals surface area contributed by atoms with Crippen LogP contribution in [0.3, 0.4) is 0 Å². The van der Waals surface area contributed by atoms with Crippen LogP contribution in [0.25, 0.3) is 0 Å². The Morgan fingerprint density at radius 3 is 2.37 bits per heavy atom. The highest BCUT2D eigenvalue weighted by Crippen LogP contribution is 2.79. The summed E-state index contributed by atoms with van der Waals surface area (Å²) in [6.45, 7) is 16.3. The molecule has 6 aliphatic carbocycles. The molecule has 0 aliphatic heterocycles. The van der Waals surface area contributed by atoms with Gasteiger partial charge in [-0.15, -0.1) is 0 Å². The Bertz CT molecular complexity index is 1210. The zero-order chi connectivity index (χ0) is 27.7. The highest BCUT2D eigenvalue weighted by atomic mass is 16.2. The van der Waals surface area contributed by atoms with E-state index in [-0.39, 0.29) is 68.7 Å². The molecule has 0 aromatic rings. The van der Waals surface area contributed by atoms with Gasteiger partial charge in [-0.05, 0) is 104 Å². The molecule has 38 heavy (non-hydrogen) atoms. The molecule has 6 aliphatic rings. The zero-order valence-corrected chi connectivity index (χ0v) is 24.5. The van der Waals surface area contributed by atoms with E-state index in [1.807, 2.05) is 19.9 Å². The van der Waals surface area contributed by atoms with Crippen molar-refractivity contribution in [1.82, 2.24) is 5.32 Å². The van der Waals surface area contributed by atoms with Gasteiger partial charge in [0.25, 0.3) is 0 Å². The molecule has 0 saturated heterocycles. The van der Waals surface area contributed by atoms with Crippen LogP contribution in [0.4, 0.5) is 0 Å². The number of Topliss-reactive ketones (excluding diaryl/α,β-unsaturated/α-hetero) is 1. The molecule has 10 atom stereocenters. The number of fused-ring (bicyclic) bond motifs is 9. The summed E-state index contributed by atoms with van der Waals surface area (Å²) in [6.07, 6.45) is 9.04. The van der Waals surface area contributed by atoms with Gasteiger partial charge in [0.2, 0.25) is 5.91 Å². The fourth-order valence-corrected chi connectivity index (χ4v) is 11.4.